The second-order valence-corrected chi connectivity index (χ2v) is 5.28. The average Bonchev–Trinajstić information content (AvgIpc) is 2.43. The number of benzene rings is 1. The summed E-state index contributed by atoms with van der Waals surface area (Å²) in [7, 11) is 0. The normalized spacial score (nSPS) is 19.2. The minimum Gasteiger partial charge on any atom is -0.494 e. The molecule has 1 atom stereocenters. The largest absolute Gasteiger partial charge is 0.494 e. The molecule has 0 aromatic heterocycles. The summed E-state index contributed by atoms with van der Waals surface area (Å²) in [5.41, 5.74) is 2.39. The SMILES string of the molecule is CCOc1ccc(NCCC2CCCCN2)cc1C. The average molecular weight is 262 g/mol. The molecule has 0 spiro atoms. The minimum atomic E-state index is 0.699. The van der Waals surface area contributed by atoms with Gasteiger partial charge in [-0.25, -0.2) is 0 Å². The van der Waals surface area contributed by atoms with Crippen LogP contribution in [0.2, 0.25) is 0 Å². The zero-order valence-electron chi connectivity index (χ0n) is 12.2. The first kappa shape index (κ1) is 14.2. The predicted molar refractivity (Wildman–Crippen MR) is 81.1 cm³/mol. The van der Waals surface area contributed by atoms with E-state index in [1.807, 2.05) is 6.92 Å². The Kier molecular flexibility index (Phi) is 5.52. The Labute approximate surface area is 116 Å². The van der Waals surface area contributed by atoms with E-state index in [1.165, 1.54) is 43.5 Å². The Balaban J connectivity index is 1.77. The van der Waals surface area contributed by atoms with Gasteiger partial charge in [0.1, 0.15) is 5.75 Å². The first-order chi connectivity index (χ1) is 9.29. The summed E-state index contributed by atoms with van der Waals surface area (Å²) in [6, 6.07) is 7.02. The molecular formula is C16H26N2O. The molecule has 0 bridgehead atoms. The topological polar surface area (TPSA) is 33.3 Å². The van der Waals surface area contributed by atoms with Crippen LogP contribution in [-0.2, 0) is 0 Å². The molecule has 19 heavy (non-hydrogen) atoms. The molecule has 0 saturated carbocycles. The number of anilines is 1. The monoisotopic (exact) mass is 262 g/mol. The molecule has 1 saturated heterocycles. The van der Waals surface area contributed by atoms with Crippen molar-refractivity contribution in [1.82, 2.24) is 5.32 Å². The molecule has 1 fully saturated rings. The number of piperidine rings is 1. The van der Waals surface area contributed by atoms with Crippen LogP contribution in [0.1, 0.15) is 38.2 Å². The lowest BCUT2D eigenvalue weighted by Crippen LogP contribution is -2.35. The molecular weight excluding hydrogens is 236 g/mol. The van der Waals surface area contributed by atoms with Gasteiger partial charge in [-0.2, -0.15) is 0 Å². The first-order valence-electron chi connectivity index (χ1n) is 7.50. The van der Waals surface area contributed by atoms with Crippen LogP contribution < -0.4 is 15.4 Å². The number of aryl methyl sites for hydroxylation is 1. The summed E-state index contributed by atoms with van der Waals surface area (Å²) < 4.78 is 5.55. The molecule has 1 aliphatic rings. The van der Waals surface area contributed by atoms with Gasteiger partial charge in [-0.15, -0.1) is 0 Å². The van der Waals surface area contributed by atoms with Crippen molar-refractivity contribution >= 4 is 5.69 Å². The van der Waals surface area contributed by atoms with Gasteiger partial charge < -0.3 is 15.4 Å². The molecule has 2 N–H and O–H groups in total. The molecule has 0 radical (unpaired) electrons. The highest BCUT2D eigenvalue weighted by Crippen LogP contribution is 2.22. The van der Waals surface area contributed by atoms with Crippen molar-refractivity contribution in [2.75, 3.05) is 25.0 Å². The van der Waals surface area contributed by atoms with Gasteiger partial charge in [-0.05, 0) is 63.4 Å². The molecule has 1 aliphatic heterocycles. The molecule has 0 amide bonds. The standard InChI is InChI=1S/C16H26N2O/c1-3-19-16-8-7-15(12-13(16)2)18-11-9-14-6-4-5-10-17-14/h7-8,12,14,17-18H,3-6,9-11H2,1-2H3. The Morgan fingerprint density at radius 1 is 1.37 bits per heavy atom. The lowest BCUT2D eigenvalue weighted by atomic mass is 10.0. The van der Waals surface area contributed by atoms with Crippen LogP contribution in [0.15, 0.2) is 18.2 Å². The molecule has 0 aliphatic carbocycles. The maximum absolute atomic E-state index is 5.55. The Morgan fingerprint density at radius 2 is 2.26 bits per heavy atom. The smallest absolute Gasteiger partial charge is 0.122 e. The van der Waals surface area contributed by atoms with Crippen LogP contribution in [0.25, 0.3) is 0 Å². The van der Waals surface area contributed by atoms with Gasteiger partial charge in [0, 0.05) is 18.3 Å². The molecule has 3 heteroatoms. The number of nitrogens with one attached hydrogen (secondary N) is 2. The molecule has 1 aromatic rings. The second kappa shape index (κ2) is 7.39. The maximum Gasteiger partial charge on any atom is 0.122 e. The van der Waals surface area contributed by atoms with Gasteiger partial charge in [0.05, 0.1) is 6.61 Å². The van der Waals surface area contributed by atoms with E-state index in [9.17, 15) is 0 Å². The van der Waals surface area contributed by atoms with E-state index in [-0.39, 0.29) is 0 Å². The van der Waals surface area contributed by atoms with Crippen LogP contribution in [-0.4, -0.2) is 25.7 Å². The van der Waals surface area contributed by atoms with Crippen LogP contribution in [0.4, 0.5) is 5.69 Å². The number of hydrogen-bond acceptors (Lipinski definition) is 3. The van der Waals surface area contributed by atoms with E-state index in [4.69, 9.17) is 4.74 Å². The van der Waals surface area contributed by atoms with Crippen LogP contribution >= 0.6 is 0 Å². The van der Waals surface area contributed by atoms with Gasteiger partial charge in [-0.3, -0.25) is 0 Å². The van der Waals surface area contributed by atoms with Crippen molar-refractivity contribution in [3.8, 4) is 5.75 Å². The third-order valence-electron chi connectivity index (χ3n) is 3.71. The van der Waals surface area contributed by atoms with E-state index in [1.54, 1.807) is 0 Å². The molecule has 2 rings (SSSR count). The summed E-state index contributed by atoms with van der Waals surface area (Å²) in [5, 5.41) is 7.09. The lowest BCUT2D eigenvalue weighted by molar-refractivity contribution is 0.338. The summed E-state index contributed by atoms with van der Waals surface area (Å²) in [4.78, 5) is 0. The highest BCUT2D eigenvalue weighted by Gasteiger charge is 2.11. The fourth-order valence-corrected chi connectivity index (χ4v) is 2.64. The van der Waals surface area contributed by atoms with E-state index < -0.39 is 0 Å². The summed E-state index contributed by atoms with van der Waals surface area (Å²) >= 11 is 0. The summed E-state index contributed by atoms with van der Waals surface area (Å²) in [6.07, 6.45) is 5.23. The zero-order valence-corrected chi connectivity index (χ0v) is 12.2. The minimum absolute atomic E-state index is 0.699. The van der Waals surface area contributed by atoms with Crippen molar-refractivity contribution in [3.63, 3.8) is 0 Å². The van der Waals surface area contributed by atoms with Crippen molar-refractivity contribution in [1.29, 1.82) is 0 Å². The Bertz CT molecular complexity index is 386. The van der Waals surface area contributed by atoms with Gasteiger partial charge in [0.15, 0.2) is 0 Å². The lowest BCUT2D eigenvalue weighted by Gasteiger charge is -2.23. The van der Waals surface area contributed by atoms with Gasteiger partial charge in [-0.1, -0.05) is 6.42 Å². The zero-order chi connectivity index (χ0) is 13.5. The number of ether oxygens (including phenoxy) is 1. The Morgan fingerprint density at radius 3 is 2.95 bits per heavy atom. The van der Waals surface area contributed by atoms with Gasteiger partial charge in [0.25, 0.3) is 0 Å². The highest BCUT2D eigenvalue weighted by atomic mass is 16.5. The van der Waals surface area contributed by atoms with E-state index in [0.29, 0.717) is 6.04 Å². The van der Waals surface area contributed by atoms with Crippen LogP contribution in [0, 0.1) is 6.92 Å². The summed E-state index contributed by atoms with van der Waals surface area (Å²) in [5.74, 6) is 0.988. The fraction of sp³-hybridized carbons (Fsp3) is 0.625. The maximum atomic E-state index is 5.55. The third kappa shape index (κ3) is 4.43. The number of rotatable bonds is 6. The van der Waals surface area contributed by atoms with Crippen LogP contribution in [0.3, 0.4) is 0 Å². The molecule has 1 heterocycles. The predicted octanol–water partition coefficient (Wildman–Crippen LogP) is 3.34. The number of hydrogen-bond donors (Lipinski definition) is 2. The quantitative estimate of drug-likeness (QED) is 0.825. The van der Waals surface area contributed by atoms with Gasteiger partial charge >= 0.3 is 0 Å². The molecule has 3 nitrogen and oxygen atoms in total. The van der Waals surface area contributed by atoms with E-state index >= 15 is 0 Å². The fourth-order valence-electron chi connectivity index (χ4n) is 2.64. The van der Waals surface area contributed by atoms with Crippen molar-refractivity contribution in [2.24, 2.45) is 0 Å². The molecule has 1 aromatic carbocycles. The highest BCUT2D eigenvalue weighted by molar-refractivity contribution is 5.50. The summed E-state index contributed by atoms with van der Waals surface area (Å²) in [6.45, 7) is 7.06. The second-order valence-electron chi connectivity index (χ2n) is 5.28. The van der Waals surface area contributed by atoms with Crippen LogP contribution in [0.5, 0.6) is 5.75 Å². The molecule has 1 unspecified atom stereocenters. The first-order valence-corrected chi connectivity index (χ1v) is 7.50. The van der Waals surface area contributed by atoms with Crippen molar-refractivity contribution < 1.29 is 4.74 Å². The molecule has 106 valence electrons. The van der Waals surface area contributed by atoms with Gasteiger partial charge in [0.2, 0.25) is 0 Å². The van der Waals surface area contributed by atoms with E-state index in [2.05, 4.69) is 35.8 Å². The van der Waals surface area contributed by atoms with Crippen molar-refractivity contribution in [2.45, 2.75) is 45.6 Å². The van der Waals surface area contributed by atoms with E-state index in [0.717, 1.165) is 18.9 Å². The van der Waals surface area contributed by atoms with Crippen molar-refractivity contribution in [3.05, 3.63) is 23.8 Å². The Hall–Kier alpha value is -1.22. The third-order valence-corrected chi connectivity index (χ3v) is 3.71.